The van der Waals surface area contributed by atoms with Crippen molar-refractivity contribution in [1.82, 2.24) is 10.3 Å². The van der Waals surface area contributed by atoms with E-state index in [1.54, 1.807) is 14.2 Å². The zero-order chi connectivity index (χ0) is 25.6. The average molecular weight is 506 g/mol. The molecule has 2 aromatic rings. The van der Waals surface area contributed by atoms with Gasteiger partial charge in [0.2, 0.25) is 0 Å². The molecule has 2 bridgehead atoms. The third-order valence-corrected chi connectivity index (χ3v) is 9.38. The summed E-state index contributed by atoms with van der Waals surface area (Å²) in [5.41, 5.74) is 2.59. The van der Waals surface area contributed by atoms with Gasteiger partial charge in [0.1, 0.15) is 22.8 Å². The predicted octanol–water partition coefficient (Wildman–Crippen LogP) is 4.72. The van der Waals surface area contributed by atoms with Crippen LogP contribution in [0.2, 0.25) is 0 Å². The number of rotatable bonds is 9. The fourth-order valence-corrected chi connectivity index (χ4v) is 7.32. The Morgan fingerprint density at radius 3 is 2.57 bits per heavy atom. The second-order valence-corrected chi connectivity index (χ2v) is 11.2. The van der Waals surface area contributed by atoms with Crippen LogP contribution in [-0.4, -0.2) is 51.4 Å². The Bertz CT molecular complexity index is 1200. The number of ether oxygens (including phenoxy) is 3. The summed E-state index contributed by atoms with van der Waals surface area (Å²) in [5.74, 6) is 4.69. The van der Waals surface area contributed by atoms with Gasteiger partial charge < -0.3 is 24.4 Å². The van der Waals surface area contributed by atoms with Crippen molar-refractivity contribution in [2.75, 3.05) is 45.4 Å². The minimum absolute atomic E-state index is 0.0338. The topological polar surface area (TPSA) is 72.9 Å². The molecule has 7 nitrogen and oxygen atoms in total. The Kier molecular flexibility index (Phi) is 6.51. The fourth-order valence-electron chi connectivity index (χ4n) is 7.32. The molecule has 1 aliphatic heterocycles. The highest BCUT2D eigenvalue weighted by molar-refractivity contribution is 5.92. The number of esters is 1. The molecule has 7 heteroatoms. The molecule has 1 saturated heterocycles. The molecular formula is C30H39N3O4. The van der Waals surface area contributed by atoms with Crippen LogP contribution < -0.4 is 19.7 Å². The highest BCUT2D eigenvalue weighted by Crippen LogP contribution is 2.69. The summed E-state index contributed by atoms with van der Waals surface area (Å²) in [6, 6.07) is 6.08. The SMILES string of the molecule is CCOC(=O)C1CCN(c2nc3c(OC)ccc(OC)c3cc2CNC[C@@H]2C[C@@H]3C=C[C@@H]2C32CC2)CC1. The molecule has 1 aromatic heterocycles. The van der Waals surface area contributed by atoms with E-state index in [1.165, 1.54) is 19.3 Å². The monoisotopic (exact) mass is 505 g/mol. The van der Waals surface area contributed by atoms with Crippen molar-refractivity contribution in [2.45, 2.75) is 45.6 Å². The first-order valence-electron chi connectivity index (χ1n) is 13.9. The second kappa shape index (κ2) is 9.82. The number of pyridine rings is 1. The number of benzene rings is 1. The molecule has 0 unspecified atom stereocenters. The van der Waals surface area contributed by atoms with Crippen LogP contribution in [-0.2, 0) is 16.1 Å². The molecule has 6 rings (SSSR count). The van der Waals surface area contributed by atoms with Crippen LogP contribution in [0.1, 0.15) is 44.6 Å². The molecule has 1 N–H and O–H groups in total. The Labute approximate surface area is 219 Å². The van der Waals surface area contributed by atoms with Crippen molar-refractivity contribution < 1.29 is 19.0 Å². The largest absolute Gasteiger partial charge is 0.496 e. The van der Waals surface area contributed by atoms with Crippen molar-refractivity contribution in [3.8, 4) is 11.5 Å². The summed E-state index contributed by atoms with van der Waals surface area (Å²) in [7, 11) is 3.38. The van der Waals surface area contributed by atoms with Gasteiger partial charge in [0, 0.05) is 30.6 Å². The molecule has 3 fully saturated rings. The quantitative estimate of drug-likeness (QED) is 0.390. The number of allylic oxidation sites excluding steroid dienone is 2. The highest BCUT2D eigenvalue weighted by atomic mass is 16.5. The van der Waals surface area contributed by atoms with Crippen LogP contribution in [0.4, 0.5) is 5.82 Å². The van der Waals surface area contributed by atoms with E-state index >= 15 is 0 Å². The number of methoxy groups -OCH3 is 2. The van der Waals surface area contributed by atoms with Gasteiger partial charge in [-0.3, -0.25) is 4.79 Å². The molecule has 0 radical (unpaired) electrons. The number of aromatic nitrogens is 1. The van der Waals surface area contributed by atoms with Gasteiger partial charge in [-0.25, -0.2) is 4.98 Å². The summed E-state index contributed by atoms with van der Waals surface area (Å²) in [6.45, 7) is 5.64. The van der Waals surface area contributed by atoms with E-state index in [0.29, 0.717) is 12.0 Å². The molecule has 3 atom stereocenters. The molecule has 1 aromatic carbocycles. The number of hydrogen-bond acceptors (Lipinski definition) is 7. The van der Waals surface area contributed by atoms with Crippen molar-refractivity contribution >= 4 is 22.7 Å². The van der Waals surface area contributed by atoms with Crippen molar-refractivity contribution in [2.24, 2.45) is 29.1 Å². The average Bonchev–Trinajstić information content (AvgIpc) is 3.60. The van der Waals surface area contributed by atoms with Crippen molar-refractivity contribution in [3.63, 3.8) is 0 Å². The number of carbonyl (C=O) groups is 1. The lowest BCUT2D eigenvalue weighted by molar-refractivity contribution is -0.148. The third kappa shape index (κ3) is 4.25. The van der Waals surface area contributed by atoms with Crippen LogP contribution >= 0.6 is 0 Å². The van der Waals surface area contributed by atoms with Gasteiger partial charge in [0.05, 0.1) is 26.7 Å². The zero-order valence-corrected chi connectivity index (χ0v) is 22.3. The molecule has 1 spiro atoms. The summed E-state index contributed by atoms with van der Waals surface area (Å²) < 4.78 is 16.6. The standard InChI is InChI=1S/C30H39N3O4/c1-4-37-29(34)19-9-13-33(14-10-19)28-21(16-23-25(35-2)7-8-26(36-3)27(23)32-28)18-31-17-20-15-22-5-6-24(20)30(22)11-12-30/h5-8,16,19-20,22,24,31H,4,9-15,17-18H2,1-3H3/t20-,22-,24-/m0/s1. The minimum Gasteiger partial charge on any atom is -0.496 e. The van der Waals surface area contributed by atoms with Gasteiger partial charge in [-0.15, -0.1) is 0 Å². The van der Waals surface area contributed by atoms with E-state index in [-0.39, 0.29) is 11.9 Å². The Morgan fingerprint density at radius 1 is 1.14 bits per heavy atom. The van der Waals surface area contributed by atoms with Gasteiger partial charge in [-0.2, -0.15) is 0 Å². The molecule has 4 aliphatic rings. The summed E-state index contributed by atoms with van der Waals surface area (Å²) in [6.07, 6.45) is 10.7. The third-order valence-electron chi connectivity index (χ3n) is 9.38. The first-order valence-corrected chi connectivity index (χ1v) is 13.9. The molecule has 0 amide bonds. The van der Waals surface area contributed by atoms with Gasteiger partial charge in [-0.05, 0) is 86.9 Å². The lowest BCUT2D eigenvalue weighted by Gasteiger charge is -2.33. The molecule has 3 aliphatic carbocycles. The van der Waals surface area contributed by atoms with Gasteiger partial charge >= 0.3 is 5.97 Å². The number of piperidine rings is 1. The zero-order valence-electron chi connectivity index (χ0n) is 22.3. The minimum atomic E-state index is -0.0738. The van der Waals surface area contributed by atoms with Gasteiger partial charge in [0.15, 0.2) is 0 Å². The maximum atomic E-state index is 12.3. The van der Waals surface area contributed by atoms with Crippen LogP contribution in [0.25, 0.3) is 10.9 Å². The van der Waals surface area contributed by atoms with Crippen LogP contribution in [0.3, 0.4) is 0 Å². The number of nitrogens with zero attached hydrogens (tertiary/aromatic N) is 2. The van der Waals surface area contributed by atoms with Gasteiger partial charge in [0.25, 0.3) is 0 Å². The maximum absolute atomic E-state index is 12.3. The van der Waals surface area contributed by atoms with Crippen LogP contribution in [0.15, 0.2) is 30.4 Å². The first kappa shape index (κ1) is 24.5. The Balaban J connectivity index is 1.24. The fraction of sp³-hybridized carbons (Fsp3) is 0.600. The molecule has 2 heterocycles. The molecule has 37 heavy (non-hydrogen) atoms. The second-order valence-electron chi connectivity index (χ2n) is 11.2. The predicted molar refractivity (Wildman–Crippen MR) is 144 cm³/mol. The number of fused-ring (bicyclic) bond motifs is 1. The Morgan fingerprint density at radius 2 is 1.89 bits per heavy atom. The van der Waals surface area contributed by atoms with Gasteiger partial charge in [-0.1, -0.05) is 12.2 Å². The lowest BCUT2D eigenvalue weighted by Crippen LogP contribution is -2.38. The van der Waals surface area contributed by atoms with E-state index in [4.69, 9.17) is 19.2 Å². The summed E-state index contributed by atoms with van der Waals surface area (Å²) in [4.78, 5) is 19.8. The molecule has 198 valence electrons. The molecule has 2 saturated carbocycles. The van der Waals surface area contributed by atoms with Crippen LogP contribution in [0.5, 0.6) is 11.5 Å². The smallest absolute Gasteiger partial charge is 0.309 e. The van der Waals surface area contributed by atoms with E-state index in [9.17, 15) is 4.79 Å². The summed E-state index contributed by atoms with van der Waals surface area (Å²) in [5, 5.41) is 4.76. The van der Waals surface area contributed by atoms with Crippen molar-refractivity contribution in [1.29, 1.82) is 0 Å². The van der Waals surface area contributed by atoms with E-state index < -0.39 is 0 Å². The first-order chi connectivity index (χ1) is 18.1. The Hall–Kier alpha value is -2.80. The lowest BCUT2D eigenvalue weighted by atomic mass is 9.89. The normalized spacial score (nSPS) is 25.7. The van der Waals surface area contributed by atoms with E-state index in [0.717, 1.165) is 90.6 Å². The summed E-state index contributed by atoms with van der Waals surface area (Å²) >= 11 is 0. The van der Waals surface area contributed by atoms with Crippen molar-refractivity contribution in [3.05, 3.63) is 35.9 Å². The van der Waals surface area contributed by atoms with E-state index in [2.05, 4.69) is 28.4 Å². The van der Waals surface area contributed by atoms with Crippen LogP contribution in [0, 0.1) is 29.1 Å². The van der Waals surface area contributed by atoms with E-state index in [1.807, 2.05) is 19.1 Å². The highest BCUT2D eigenvalue weighted by Gasteiger charge is 2.62. The number of hydrogen-bond donors (Lipinski definition) is 1. The number of carbonyl (C=O) groups excluding carboxylic acids is 1. The molecular weight excluding hydrogens is 466 g/mol. The number of anilines is 1. The maximum Gasteiger partial charge on any atom is 0.309 e. The number of nitrogens with one attached hydrogen (secondary N) is 1.